The first kappa shape index (κ1) is 28.5. The van der Waals surface area contributed by atoms with Crippen LogP contribution in [0.25, 0.3) is 23.3 Å². The van der Waals surface area contributed by atoms with E-state index in [2.05, 4.69) is 5.32 Å². The van der Waals surface area contributed by atoms with Crippen LogP contribution in [0.15, 0.2) is 97.1 Å². The molecule has 0 heterocycles. The lowest BCUT2D eigenvalue weighted by Crippen LogP contribution is -2.41. The van der Waals surface area contributed by atoms with Gasteiger partial charge in [-0.3, -0.25) is 9.00 Å². The molecule has 204 valence electrons. The zero-order chi connectivity index (χ0) is 28.5. The number of ether oxygens (including phenoxy) is 1. The van der Waals surface area contributed by atoms with E-state index in [1.807, 2.05) is 110 Å². The molecule has 1 amide bonds. The number of amides is 1. The molecule has 4 aromatic carbocycles. The molecule has 4 aromatic rings. The molecule has 0 fully saturated rings. The highest BCUT2D eigenvalue weighted by atomic mass is 32.2. The first-order valence-electron chi connectivity index (χ1n) is 12.9. The summed E-state index contributed by atoms with van der Waals surface area (Å²) in [5.41, 5.74) is 4.66. The van der Waals surface area contributed by atoms with Crippen molar-refractivity contribution in [3.05, 3.63) is 119 Å². The van der Waals surface area contributed by atoms with Gasteiger partial charge in [0, 0.05) is 33.9 Å². The molecule has 0 bridgehead atoms. The molecule has 0 radical (unpaired) electrons. The van der Waals surface area contributed by atoms with Crippen molar-refractivity contribution in [2.75, 3.05) is 12.0 Å². The summed E-state index contributed by atoms with van der Waals surface area (Å²) in [7, 11) is -1.17. The molecule has 0 saturated carbocycles. The van der Waals surface area contributed by atoms with E-state index < -0.39 is 28.7 Å². The molecule has 2 unspecified atom stereocenters. The summed E-state index contributed by atoms with van der Waals surface area (Å²) < 4.78 is 17.6. The van der Waals surface area contributed by atoms with Gasteiger partial charge in [-0.05, 0) is 65.9 Å². The third kappa shape index (κ3) is 7.55. The number of aryl methyl sites for hydroxylation is 1. The molecule has 6 nitrogen and oxygen atoms in total. The van der Waals surface area contributed by atoms with E-state index in [9.17, 15) is 18.9 Å². The molecule has 0 aliphatic carbocycles. The zero-order valence-electron chi connectivity index (χ0n) is 22.4. The van der Waals surface area contributed by atoms with Gasteiger partial charge >= 0.3 is 5.97 Å². The highest BCUT2D eigenvalue weighted by molar-refractivity contribution is 7.84. The number of hydrogen-bond donors (Lipinski definition) is 2. The molecule has 2 N–H and O–H groups in total. The summed E-state index contributed by atoms with van der Waals surface area (Å²) in [5, 5.41) is 12.2. The van der Waals surface area contributed by atoms with E-state index in [0.29, 0.717) is 16.9 Å². The Morgan fingerprint density at radius 1 is 0.900 bits per heavy atom. The number of nitrogens with one attached hydrogen (secondary N) is 1. The number of carboxylic acid groups (broad SMARTS) is 1. The van der Waals surface area contributed by atoms with Gasteiger partial charge in [-0.25, -0.2) is 4.79 Å². The molecule has 0 saturated heterocycles. The third-order valence-corrected chi connectivity index (χ3v) is 7.18. The number of carbonyl (C=O) groups is 2. The van der Waals surface area contributed by atoms with Crippen LogP contribution in [-0.4, -0.2) is 39.2 Å². The van der Waals surface area contributed by atoms with Crippen molar-refractivity contribution in [3.8, 4) is 22.6 Å². The van der Waals surface area contributed by atoms with Crippen LogP contribution >= 0.6 is 0 Å². The third-order valence-electron chi connectivity index (χ3n) is 6.37. The predicted octanol–water partition coefficient (Wildman–Crippen LogP) is 6.58. The van der Waals surface area contributed by atoms with Gasteiger partial charge in [-0.15, -0.1) is 0 Å². The number of benzene rings is 4. The molecular weight excluding hydrogens is 522 g/mol. The minimum Gasteiger partial charge on any atom is -0.480 e. The van der Waals surface area contributed by atoms with Crippen LogP contribution in [0.3, 0.4) is 0 Å². The van der Waals surface area contributed by atoms with Gasteiger partial charge in [0.1, 0.15) is 17.5 Å². The second-order valence-electron chi connectivity index (χ2n) is 9.34. The Kier molecular flexibility index (Phi) is 9.65. The largest absolute Gasteiger partial charge is 0.480 e. The van der Waals surface area contributed by atoms with Crippen LogP contribution in [0.5, 0.6) is 11.5 Å². The van der Waals surface area contributed by atoms with Gasteiger partial charge in [0.2, 0.25) is 0 Å². The SMILES string of the molecule is Cc1ccccc1-c1cc(C=Cc2ccccc2Oc2ccccc2)ccc1C(=O)NC(CCS(C)=O)C(=O)O. The van der Waals surface area contributed by atoms with Gasteiger partial charge in [0.15, 0.2) is 0 Å². The zero-order valence-corrected chi connectivity index (χ0v) is 23.2. The fraction of sp³-hybridized carbons (Fsp3) is 0.152. The molecule has 0 aliphatic heterocycles. The lowest BCUT2D eigenvalue weighted by atomic mass is 9.93. The van der Waals surface area contributed by atoms with Crippen molar-refractivity contribution < 1.29 is 23.6 Å². The summed E-state index contributed by atoms with van der Waals surface area (Å²) in [6.45, 7) is 1.97. The van der Waals surface area contributed by atoms with Gasteiger partial charge in [0.25, 0.3) is 5.91 Å². The van der Waals surface area contributed by atoms with Crippen LogP contribution < -0.4 is 10.1 Å². The van der Waals surface area contributed by atoms with E-state index in [0.717, 1.165) is 28.0 Å². The van der Waals surface area contributed by atoms with Crippen molar-refractivity contribution in [2.45, 2.75) is 19.4 Å². The number of carboxylic acids is 1. The minimum atomic E-state index is -1.17. The second kappa shape index (κ2) is 13.5. The van der Waals surface area contributed by atoms with E-state index in [4.69, 9.17) is 4.74 Å². The number of rotatable bonds is 11. The summed E-state index contributed by atoms with van der Waals surface area (Å²) in [4.78, 5) is 25.1. The average molecular weight is 554 g/mol. The normalized spacial score (nSPS) is 12.6. The Hall–Kier alpha value is -4.49. The maximum Gasteiger partial charge on any atom is 0.326 e. The Balaban J connectivity index is 1.66. The van der Waals surface area contributed by atoms with Crippen LogP contribution in [0, 0.1) is 6.92 Å². The molecule has 0 aliphatic rings. The summed E-state index contributed by atoms with van der Waals surface area (Å²) in [6.07, 6.45) is 5.50. The quantitative estimate of drug-likeness (QED) is 0.205. The highest BCUT2D eigenvalue weighted by Crippen LogP contribution is 2.30. The molecule has 7 heteroatoms. The monoisotopic (exact) mass is 553 g/mol. The molecule has 2 atom stereocenters. The van der Waals surface area contributed by atoms with Crippen molar-refractivity contribution in [3.63, 3.8) is 0 Å². The average Bonchev–Trinajstić information content (AvgIpc) is 2.95. The van der Waals surface area contributed by atoms with Crippen LogP contribution in [0.4, 0.5) is 0 Å². The number of para-hydroxylation sites is 2. The molecular formula is C33H31NO5S. The fourth-order valence-corrected chi connectivity index (χ4v) is 4.82. The smallest absolute Gasteiger partial charge is 0.326 e. The van der Waals surface area contributed by atoms with Crippen molar-refractivity contribution in [2.24, 2.45) is 0 Å². The maximum absolute atomic E-state index is 13.3. The number of aliphatic carboxylic acids is 1. The maximum atomic E-state index is 13.3. The molecule has 0 spiro atoms. The first-order chi connectivity index (χ1) is 19.3. The Labute approximate surface area is 236 Å². The van der Waals surface area contributed by atoms with Gasteiger partial charge in [-0.1, -0.05) is 78.9 Å². The lowest BCUT2D eigenvalue weighted by molar-refractivity contribution is -0.139. The van der Waals surface area contributed by atoms with E-state index in [-0.39, 0.29) is 12.2 Å². The van der Waals surface area contributed by atoms with Gasteiger partial charge < -0.3 is 15.2 Å². The number of carbonyl (C=O) groups excluding carboxylic acids is 1. The first-order valence-corrected chi connectivity index (χ1v) is 14.6. The second-order valence-corrected chi connectivity index (χ2v) is 10.9. The predicted molar refractivity (Wildman–Crippen MR) is 161 cm³/mol. The fourth-order valence-electron chi connectivity index (χ4n) is 4.25. The molecule has 4 rings (SSSR count). The Bertz CT molecular complexity index is 1550. The molecule has 40 heavy (non-hydrogen) atoms. The van der Waals surface area contributed by atoms with Crippen LogP contribution in [0.2, 0.25) is 0 Å². The highest BCUT2D eigenvalue weighted by Gasteiger charge is 2.23. The summed E-state index contributed by atoms with van der Waals surface area (Å²) in [5.74, 6) is -0.0174. The van der Waals surface area contributed by atoms with E-state index in [1.54, 1.807) is 6.07 Å². The van der Waals surface area contributed by atoms with Crippen molar-refractivity contribution >= 4 is 34.8 Å². The van der Waals surface area contributed by atoms with Crippen molar-refractivity contribution in [1.82, 2.24) is 5.32 Å². The van der Waals surface area contributed by atoms with E-state index >= 15 is 0 Å². The Morgan fingerprint density at radius 2 is 1.60 bits per heavy atom. The van der Waals surface area contributed by atoms with Gasteiger partial charge in [0.05, 0.1) is 0 Å². The lowest BCUT2D eigenvalue weighted by Gasteiger charge is -2.17. The van der Waals surface area contributed by atoms with E-state index in [1.165, 1.54) is 6.26 Å². The summed E-state index contributed by atoms with van der Waals surface area (Å²) in [6, 6.07) is 29.4. The van der Waals surface area contributed by atoms with Gasteiger partial charge in [-0.2, -0.15) is 0 Å². The van der Waals surface area contributed by atoms with Crippen LogP contribution in [-0.2, 0) is 15.6 Å². The topological polar surface area (TPSA) is 92.7 Å². The standard InChI is InChI=1S/C33H31NO5S/c1-23-10-6-8-14-27(23)29-22-24(17-19-28(29)32(35)34-30(33(36)37)20-21-40(2)38)16-18-25-11-7-9-15-31(25)39-26-12-4-3-5-13-26/h3-19,22,30H,20-21H2,1-2H3,(H,34,35)(H,36,37). The van der Waals surface area contributed by atoms with Crippen LogP contribution in [0.1, 0.15) is 33.5 Å². The number of hydrogen-bond acceptors (Lipinski definition) is 4. The summed E-state index contributed by atoms with van der Waals surface area (Å²) >= 11 is 0. The Morgan fingerprint density at radius 3 is 2.33 bits per heavy atom. The van der Waals surface area contributed by atoms with Crippen molar-refractivity contribution in [1.29, 1.82) is 0 Å². The minimum absolute atomic E-state index is 0.0785. The molecule has 0 aromatic heterocycles.